The van der Waals surface area contributed by atoms with Gasteiger partial charge in [0.05, 0.1) is 23.7 Å². The number of pyridine rings is 1. The predicted octanol–water partition coefficient (Wildman–Crippen LogP) is 0.843. The van der Waals surface area contributed by atoms with Gasteiger partial charge in [0, 0.05) is 31.2 Å². The lowest BCUT2D eigenvalue weighted by atomic mass is 10.1. The van der Waals surface area contributed by atoms with Crippen molar-refractivity contribution in [3.8, 4) is 0 Å². The van der Waals surface area contributed by atoms with Crippen LogP contribution in [-0.2, 0) is 11.3 Å². The molecule has 1 amide bonds. The predicted molar refractivity (Wildman–Crippen MR) is 95.6 cm³/mol. The topological polar surface area (TPSA) is 97.3 Å². The summed E-state index contributed by atoms with van der Waals surface area (Å²) in [4.78, 5) is 46.5. The molecule has 2 aromatic heterocycles. The molecule has 26 heavy (non-hydrogen) atoms. The number of hydrogen-bond donors (Lipinski definition) is 1. The zero-order valence-electron chi connectivity index (χ0n) is 14.9. The summed E-state index contributed by atoms with van der Waals surface area (Å²) < 4.78 is 6.93. The van der Waals surface area contributed by atoms with Crippen LogP contribution < -0.4 is 11.2 Å². The first-order valence-electron chi connectivity index (χ1n) is 9.08. The average molecular weight is 358 g/mol. The van der Waals surface area contributed by atoms with Crippen molar-refractivity contribution < 1.29 is 9.53 Å². The first-order chi connectivity index (χ1) is 12.5. The second-order valence-electron chi connectivity index (χ2n) is 7.00. The fourth-order valence-electron chi connectivity index (χ4n) is 3.52. The van der Waals surface area contributed by atoms with E-state index in [0.717, 1.165) is 18.5 Å². The lowest BCUT2D eigenvalue weighted by Gasteiger charge is -2.31. The normalized spacial score (nSPS) is 20.5. The van der Waals surface area contributed by atoms with Crippen molar-refractivity contribution >= 4 is 16.9 Å². The lowest BCUT2D eigenvalue weighted by Crippen LogP contribution is -2.45. The molecule has 2 aliphatic rings. The van der Waals surface area contributed by atoms with E-state index in [4.69, 9.17) is 4.74 Å². The van der Waals surface area contributed by atoms with Gasteiger partial charge in [-0.1, -0.05) is 0 Å². The molecule has 138 valence electrons. The zero-order chi connectivity index (χ0) is 18.4. The van der Waals surface area contributed by atoms with Gasteiger partial charge >= 0.3 is 5.69 Å². The van der Waals surface area contributed by atoms with Crippen LogP contribution in [0.15, 0.2) is 15.7 Å². The summed E-state index contributed by atoms with van der Waals surface area (Å²) in [6.45, 7) is 5.54. The van der Waals surface area contributed by atoms with Crippen LogP contribution in [0.4, 0.5) is 0 Å². The fraction of sp³-hybridized carbons (Fsp3) is 0.556. The molecular formula is C18H22N4O4. The van der Waals surface area contributed by atoms with Crippen molar-refractivity contribution in [2.24, 2.45) is 0 Å². The number of carbonyl (C=O) groups excluding carboxylic acids is 1. The number of nitrogens with one attached hydrogen (secondary N) is 1. The van der Waals surface area contributed by atoms with E-state index in [9.17, 15) is 14.4 Å². The fourth-order valence-corrected chi connectivity index (χ4v) is 3.52. The Morgan fingerprint density at radius 3 is 2.81 bits per heavy atom. The maximum atomic E-state index is 13.2. The number of aromatic amines is 1. The first-order valence-corrected chi connectivity index (χ1v) is 9.08. The summed E-state index contributed by atoms with van der Waals surface area (Å²) in [6, 6.07) is 1.74. The molecule has 2 fully saturated rings. The molecular weight excluding hydrogens is 336 g/mol. The van der Waals surface area contributed by atoms with Gasteiger partial charge in [0.15, 0.2) is 5.65 Å². The van der Waals surface area contributed by atoms with Crippen LogP contribution in [0.3, 0.4) is 0 Å². The Morgan fingerprint density at radius 1 is 1.38 bits per heavy atom. The Balaban J connectivity index is 1.94. The third kappa shape index (κ3) is 2.84. The Bertz CT molecular complexity index is 989. The Hall–Kier alpha value is -2.48. The van der Waals surface area contributed by atoms with Gasteiger partial charge in [0.2, 0.25) is 0 Å². The molecule has 1 aliphatic carbocycles. The van der Waals surface area contributed by atoms with E-state index in [1.807, 2.05) is 13.8 Å². The molecule has 0 aromatic carbocycles. The van der Waals surface area contributed by atoms with E-state index in [2.05, 4.69) is 9.97 Å². The van der Waals surface area contributed by atoms with Gasteiger partial charge in [0.25, 0.3) is 11.5 Å². The molecule has 2 aromatic rings. The van der Waals surface area contributed by atoms with E-state index in [0.29, 0.717) is 43.4 Å². The quantitative estimate of drug-likeness (QED) is 0.877. The minimum Gasteiger partial charge on any atom is -0.375 e. The Morgan fingerprint density at radius 2 is 2.15 bits per heavy atom. The van der Waals surface area contributed by atoms with E-state index < -0.39 is 11.2 Å². The van der Waals surface area contributed by atoms with Crippen LogP contribution in [-0.4, -0.2) is 51.1 Å². The molecule has 8 heteroatoms. The second kappa shape index (κ2) is 6.35. The van der Waals surface area contributed by atoms with Gasteiger partial charge in [0.1, 0.15) is 0 Å². The van der Waals surface area contributed by atoms with Crippen LogP contribution in [0.1, 0.15) is 48.7 Å². The summed E-state index contributed by atoms with van der Waals surface area (Å²) in [6.07, 6.45) is 1.98. The summed E-state index contributed by atoms with van der Waals surface area (Å²) in [5.74, 6) is 0.0931. The van der Waals surface area contributed by atoms with Gasteiger partial charge in [-0.25, -0.2) is 9.78 Å². The van der Waals surface area contributed by atoms with Crippen LogP contribution in [0.25, 0.3) is 11.0 Å². The van der Waals surface area contributed by atoms with Crippen LogP contribution >= 0.6 is 0 Å². The monoisotopic (exact) mass is 358 g/mol. The first kappa shape index (κ1) is 17.0. The van der Waals surface area contributed by atoms with E-state index in [1.54, 1.807) is 11.0 Å². The molecule has 1 aliphatic heterocycles. The van der Waals surface area contributed by atoms with Crippen LogP contribution in [0.5, 0.6) is 0 Å². The number of amides is 1. The van der Waals surface area contributed by atoms with Crippen molar-refractivity contribution in [2.45, 2.75) is 45.3 Å². The maximum absolute atomic E-state index is 13.2. The largest absolute Gasteiger partial charge is 0.375 e. The van der Waals surface area contributed by atoms with Crippen molar-refractivity contribution in [2.75, 3.05) is 19.7 Å². The van der Waals surface area contributed by atoms with Crippen molar-refractivity contribution in [3.05, 3.63) is 38.2 Å². The Kier molecular flexibility index (Phi) is 4.14. The van der Waals surface area contributed by atoms with Gasteiger partial charge in [-0.15, -0.1) is 0 Å². The van der Waals surface area contributed by atoms with Crippen molar-refractivity contribution in [3.63, 3.8) is 0 Å². The van der Waals surface area contributed by atoms with Gasteiger partial charge < -0.3 is 9.64 Å². The molecule has 0 radical (unpaired) electrons. The molecule has 3 heterocycles. The maximum Gasteiger partial charge on any atom is 0.329 e. The number of fused-ring (bicyclic) bond motifs is 1. The molecule has 1 unspecified atom stereocenters. The number of carbonyl (C=O) groups is 1. The minimum atomic E-state index is -0.561. The number of hydrogen-bond acceptors (Lipinski definition) is 5. The highest BCUT2D eigenvalue weighted by atomic mass is 16.5. The molecule has 1 saturated carbocycles. The standard InChI is InChI=1S/C18H22N4O4/c1-3-22-15-14(16(23)20-18(22)25)12(8-13(19-15)11-4-5-11)17(24)21-6-7-26-10(2)9-21/h8,10-11H,3-7,9H2,1-2H3,(H,20,23,25). The molecule has 4 rings (SSSR count). The molecule has 1 N–H and O–H groups in total. The summed E-state index contributed by atoms with van der Waals surface area (Å²) >= 11 is 0. The number of rotatable bonds is 3. The smallest absolute Gasteiger partial charge is 0.329 e. The minimum absolute atomic E-state index is 0.0455. The zero-order valence-corrected chi connectivity index (χ0v) is 14.9. The summed E-state index contributed by atoms with van der Waals surface area (Å²) in [5.41, 5.74) is 0.358. The van der Waals surface area contributed by atoms with Gasteiger partial charge in [-0.2, -0.15) is 0 Å². The number of ether oxygens (including phenoxy) is 1. The van der Waals surface area contributed by atoms with Crippen molar-refractivity contribution in [1.82, 2.24) is 19.4 Å². The molecule has 1 saturated heterocycles. The SMILES string of the molecule is CCn1c(=O)[nH]c(=O)c2c(C(=O)N3CCOC(C)C3)cc(C3CC3)nc21. The van der Waals surface area contributed by atoms with Gasteiger partial charge in [-0.05, 0) is 32.8 Å². The van der Waals surface area contributed by atoms with E-state index >= 15 is 0 Å². The number of aromatic nitrogens is 3. The van der Waals surface area contributed by atoms with Crippen LogP contribution in [0, 0.1) is 0 Å². The van der Waals surface area contributed by atoms with E-state index in [1.165, 1.54) is 4.57 Å². The molecule has 1 atom stereocenters. The number of H-pyrrole nitrogens is 1. The summed E-state index contributed by atoms with van der Waals surface area (Å²) in [7, 11) is 0. The highest BCUT2D eigenvalue weighted by Crippen LogP contribution is 2.40. The molecule has 0 spiro atoms. The van der Waals surface area contributed by atoms with Gasteiger partial charge in [-0.3, -0.25) is 19.1 Å². The van der Waals surface area contributed by atoms with Crippen molar-refractivity contribution in [1.29, 1.82) is 0 Å². The second-order valence-corrected chi connectivity index (χ2v) is 7.00. The number of nitrogens with zero attached hydrogens (tertiary/aromatic N) is 3. The highest BCUT2D eigenvalue weighted by Gasteiger charge is 2.31. The van der Waals surface area contributed by atoms with Crippen LogP contribution in [0.2, 0.25) is 0 Å². The number of aryl methyl sites for hydroxylation is 1. The number of morpholine rings is 1. The highest BCUT2D eigenvalue weighted by molar-refractivity contribution is 6.05. The third-order valence-corrected chi connectivity index (χ3v) is 5.04. The summed E-state index contributed by atoms with van der Waals surface area (Å²) in [5, 5.41) is 0.194. The third-order valence-electron chi connectivity index (χ3n) is 5.04. The molecule has 8 nitrogen and oxygen atoms in total. The lowest BCUT2D eigenvalue weighted by molar-refractivity contribution is -0.0123. The van der Waals surface area contributed by atoms with E-state index in [-0.39, 0.29) is 17.4 Å². The average Bonchev–Trinajstić information content (AvgIpc) is 3.45. The Labute approximate surface area is 149 Å². The molecule has 0 bridgehead atoms.